The van der Waals surface area contributed by atoms with E-state index < -0.39 is 11.8 Å². The molecule has 2 heterocycles. The number of fused-ring (bicyclic) bond motifs is 1. The highest BCUT2D eigenvalue weighted by molar-refractivity contribution is 5.90. The van der Waals surface area contributed by atoms with E-state index in [1.165, 1.54) is 12.1 Å². The van der Waals surface area contributed by atoms with Crippen molar-refractivity contribution in [2.75, 3.05) is 5.32 Å². The Morgan fingerprint density at radius 2 is 2.00 bits per heavy atom. The van der Waals surface area contributed by atoms with Gasteiger partial charge in [-0.25, -0.2) is 9.18 Å². The standard InChI is InChI=1S/C26H23FN4O3/c1-16-11-20-23(13-25(16)33-15-17-3-2-9-28-14-17)29-10-8-24(20)34-19-6-7-22(21(27)12-19)31-26(32)30-18-4-5-18/h2-3,6-14,18H,4-5,15H2,1H3,(H2,30,31,32). The number of aryl methyl sites for hydroxylation is 1. The molecule has 1 aliphatic rings. The summed E-state index contributed by atoms with van der Waals surface area (Å²) in [5, 5.41) is 6.07. The average molecular weight is 458 g/mol. The van der Waals surface area contributed by atoms with Crippen LogP contribution < -0.4 is 20.1 Å². The second-order valence-corrected chi connectivity index (χ2v) is 8.21. The van der Waals surface area contributed by atoms with E-state index in [0.717, 1.165) is 29.4 Å². The average Bonchev–Trinajstić information content (AvgIpc) is 3.64. The number of rotatable bonds is 7. The molecule has 0 aliphatic heterocycles. The zero-order valence-electron chi connectivity index (χ0n) is 18.5. The highest BCUT2D eigenvalue weighted by Gasteiger charge is 2.23. The van der Waals surface area contributed by atoms with E-state index in [4.69, 9.17) is 9.47 Å². The lowest BCUT2D eigenvalue weighted by Gasteiger charge is -2.14. The first-order valence-electron chi connectivity index (χ1n) is 11.0. The van der Waals surface area contributed by atoms with Crippen molar-refractivity contribution in [1.82, 2.24) is 15.3 Å². The third-order valence-corrected chi connectivity index (χ3v) is 5.44. The van der Waals surface area contributed by atoms with Crippen LogP contribution in [-0.2, 0) is 6.61 Å². The summed E-state index contributed by atoms with van der Waals surface area (Å²) in [6, 6.07) is 13.5. The van der Waals surface area contributed by atoms with Gasteiger partial charge in [0, 0.05) is 47.7 Å². The Morgan fingerprint density at radius 1 is 1.12 bits per heavy atom. The summed E-state index contributed by atoms with van der Waals surface area (Å²) in [5.41, 5.74) is 2.68. The first-order valence-corrected chi connectivity index (χ1v) is 11.0. The molecule has 0 saturated heterocycles. The number of nitrogens with one attached hydrogen (secondary N) is 2. The van der Waals surface area contributed by atoms with Crippen LogP contribution in [0.3, 0.4) is 0 Å². The Balaban J connectivity index is 1.32. The van der Waals surface area contributed by atoms with Crippen molar-refractivity contribution in [3.8, 4) is 17.2 Å². The number of carbonyl (C=O) groups excluding carboxylic acids is 1. The number of halogens is 1. The van der Waals surface area contributed by atoms with Crippen molar-refractivity contribution >= 4 is 22.6 Å². The van der Waals surface area contributed by atoms with Crippen LogP contribution in [0.2, 0.25) is 0 Å². The molecular formula is C26H23FN4O3. The second kappa shape index (κ2) is 9.35. The van der Waals surface area contributed by atoms with Crippen LogP contribution in [-0.4, -0.2) is 22.0 Å². The summed E-state index contributed by atoms with van der Waals surface area (Å²) in [6.07, 6.45) is 7.03. The highest BCUT2D eigenvalue weighted by Crippen LogP contribution is 2.34. The molecule has 5 rings (SSSR count). The Labute approximate surface area is 196 Å². The number of hydrogen-bond acceptors (Lipinski definition) is 5. The van der Waals surface area contributed by atoms with Crippen LogP contribution >= 0.6 is 0 Å². The summed E-state index contributed by atoms with van der Waals surface area (Å²) in [4.78, 5) is 20.4. The van der Waals surface area contributed by atoms with Crippen LogP contribution in [0.1, 0.15) is 24.0 Å². The maximum Gasteiger partial charge on any atom is 0.319 e. The fraction of sp³-hybridized carbons (Fsp3) is 0.192. The van der Waals surface area contributed by atoms with Gasteiger partial charge in [0.05, 0.1) is 11.2 Å². The van der Waals surface area contributed by atoms with Gasteiger partial charge in [0.1, 0.15) is 29.7 Å². The number of carbonyl (C=O) groups is 1. The third kappa shape index (κ3) is 5.06. The van der Waals surface area contributed by atoms with E-state index >= 15 is 0 Å². The number of ether oxygens (including phenoxy) is 2. The number of urea groups is 1. The number of benzene rings is 2. The molecule has 2 amide bonds. The molecule has 34 heavy (non-hydrogen) atoms. The molecule has 2 aromatic carbocycles. The molecule has 0 bridgehead atoms. The number of pyridine rings is 2. The summed E-state index contributed by atoms with van der Waals surface area (Å²) >= 11 is 0. The van der Waals surface area contributed by atoms with Crippen molar-refractivity contribution in [1.29, 1.82) is 0 Å². The van der Waals surface area contributed by atoms with Gasteiger partial charge in [-0.3, -0.25) is 9.97 Å². The predicted octanol–water partition coefficient (Wildman–Crippen LogP) is 5.73. The van der Waals surface area contributed by atoms with Gasteiger partial charge in [-0.1, -0.05) is 6.07 Å². The zero-order chi connectivity index (χ0) is 23.5. The maximum atomic E-state index is 14.6. The Kier molecular flexibility index (Phi) is 5.95. The minimum Gasteiger partial charge on any atom is -0.488 e. The Bertz CT molecular complexity index is 1340. The Hall–Kier alpha value is -4.20. The van der Waals surface area contributed by atoms with Gasteiger partial charge in [-0.2, -0.15) is 0 Å². The van der Waals surface area contributed by atoms with Gasteiger partial charge in [-0.15, -0.1) is 0 Å². The zero-order valence-corrected chi connectivity index (χ0v) is 18.5. The number of nitrogens with zero attached hydrogens (tertiary/aromatic N) is 2. The predicted molar refractivity (Wildman–Crippen MR) is 127 cm³/mol. The van der Waals surface area contributed by atoms with Gasteiger partial charge >= 0.3 is 6.03 Å². The van der Waals surface area contributed by atoms with Crippen molar-refractivity contribution in [2.24, 2.45) is 0 Å². The van der Waals surface area contributed by atoms with E-state index in [1.807, 2.05) is 31.2 Å². The van der Waals surface area contributed by atoms with Crippen molar-refractivity contribution < 1.29 is 18.7 Å². The lowest BCUT2D eigenvalue weighted by atomic mass is 10.1. The quantitative estimate of drug-likeness (QED) is 0.369. The molecule has 0 radical (unpaired) electrons. The van der Waals surface area contributed by atoms with Crippen LogP contribution in [0.4, 0.5) is 14.9 Å². The van der Waals surface area contributed by atoms with Crippen molar-refractivity contribution in [2.45, 2.75) is 32.4 Å². The van der Waals surface area contributed by atoms with Crippen LogP contribution in [0, 0.1) is 12.7 Å². The lowest BCUT2D eigenvalue weighted by Crippen LogP contribution is -2.30. The number of hydrogen-bond donors (Lipinski definition) is 2. The molecule has 7 nitrogen and oxygen atoms in total. The molecule has 0 spiro atoms. The third-order valence-electron chi connectivity index (χ3n) is 5.44. The largest absolute Gasteiger partial charge is 0.488 e. The molecule has 8 heteroatoms. The summed E-state index contributed by atoms with van der Waals surface area (Å²) in [6.45, 7) is 2.34. The van der Waals surface area contributed by atoms with E-state index in [1.54, 1.807) is 30.7 Å². The normalized spacial score (nSPS) is 12.9. The second-order valence-electron chi connectivity index (χ2n) is 8.21. The van der Waals surface area contributed by atoms with E-state index in [9.17, 15) is 9.18 Å². The fourth-order valence-electron chi connectivity index (χ4n) is 3.50. The molecule has 1 fully saturated rings. The van der Waals surface area contributed by atoms with Gasteiger partial charge in [0.25, 0.3) is 0 Å². The molecule has 1 saturated carbocycles. The molecule has 4 aromatic rings. The SMILES string of the molecule is Cc1cc2c(Oc3ccc(NC(=O)NC4CC4)c(F)c3)ccnc2cc1OCc1cccnc1. The van der Waals surface area contributed by atoms with Gasteiger partial charge < -0.3 is 20.1 Å². The van der Waals surface area contributed by atoms with Crippen molar-refractivity contribution in [3.05, 3.63) is 84.1 Å². The summed E-state index contributed by atoms with van der Waals surface area (Å²) in [7, 11) is 0. The summed E-state index contributed by atoms with van der Waals surface area (Å²) < 4.78 is 26.5. The van der Waals surface area contributed by atoms with E-state index in [-0.39, 0.29) is 11.7 Å². The van der Waals surface area contributed by atoms with Gasteiger partial charge in [-0.05, 0) is 55.7 Å². The van der Waals surface area contributed by atoms with Crippen LogP contribution in [0.5, 0.6) is 17.2 Å². The molecule has 1 aliphatic carbocycles. The number of aromatic nitrogens is 2. The van der Waals surface area contributed by atoms with Gasteiger partial charge in [0.2, 0.25) is 0 Å². The molecule has 0 atom stereocenters. The topological polar surface area (TPSA) is 85.4 Å². The minimum absolute atomic E-state index is 0.0938. The molecule has 2 N–H and O–H groups in total. The number of amides is 2. The first kappa shape index (κ1) is 21.6. The first-order chi connectivity index (χ1) is 16.5. The van der Waals surface area contributed by atoms with E-state index in [0.29, 0.717) is 29.4 Å². The summed E-state index contributed by atoms with van der Waals surface area (Å²) in [5.74, 6) is 0.988. The monoisotopic (exact) mass is 458 g/mol. The maximum absolute atomic E-state index is 14.6. The molecule has 2 aromatic heterocycles. The van der Waals surface area contributed by atoms with E-state index in [2.05, 4.69) is 20.6 Å². The van der Waals surface area contributed by atoms with Gasteiger partial charge in [0.15, 0.2) is 0 Å². The molecule has 0 unspecified atom stereocenters. The smallest absolute Gasteiger partial charge is 0.319 e. The minimum atomic E-state index is -0.580. The van der Waals surface area contributed by atoms with Crippen LogP contribution in [0.15, 0.2) is 67.1 Å². The lowest BCUT2D eigenvalue weighted by molar-refractivity contribution is 0.251. The highest BCUT2D eigenvalue weighted by atomic mass is 19.1. The van der Waals surface area contributed by atoms with Crippen LogP contribution in [0.25, 0.3) is 10.9 Å². The molecule has 172 valence electrons. The molecular weight excluding hydrogens is 435 g/mol. The number of anilines is 1. The van der Waals surface area contributed by atoms with Crippen molar-refractivity contribution in [3.63, 3.8) is 0 Å². The Morgan fingerprint density at radius 3 is 2.76 bits per heavy atom. The fourth-order valence-corrected chi connectivity index (χ4v) is 3.50.